The van der Waals surface area contributed by atoms with Crippen LogP contribution in [0.3, 0.4) is 0 Å². The highest BCUT2D eigenvalue weighted by Gasteiger charge is 2.75. The van der Waals surface area contributed by atoms with E-state index >= 15 is 0 Å². The molecule has 2 fully saturated rings. The second kappa shape index (κ2) is 4.84. The summed E-state index contributed by atoms with van der Waals surface area (Å²) in [6, 6.07) is 0. The van der Waals surface area contributed by atoms with Crippen LogP contribution < -0.4 is 0 Å². The normalized spacial score (nSPS) is 43.4. The van der Waals surface area contributed by atoms with Crippen LogP contribution in [0.1, 0.15) is 47.5 Å². The number of rotatable bonds is 1. The molecule has 138 valence electrons. The molecule has 1 spiro atoms. The van der Waals surface area contributed by atoms with Crippen molar-refractivity contribution < 1.29 is 33.6 Å². The number of hydrogen-bond acceptors (Lipinski definition) is 7. The Morgan fingerprint density at radius 2 is 1.92 bits per heavy atom. The predicted molar refractivity (Wildman–Crippen MR) is 84.5 cm³/mol. The molecule has 5 unspecified atom stereocenters. The van der Waals surface area contributed by atoms with Crippen LogP contribution >= 0.6 is 0 Å². The monoisotopic (exact) mass is 352 g/mol. The van der Waals surface area contributed by atoms with Crippen molar-refractivity contribution in [3.63, 3.8) is 0 Å². The first kappa shape index (κ1) is 17.0. The molecule has 3 heterocycles. The van der Waals surface area contributed by atoms with Crippen LogP contribution in [0.5, 0.6) is 0 Å². The molecular formula is C18H24O7. The van der Waals surface area contributed by atoms with Gasteiger partial charge in [0.1, 0.15) is 47.0 Å². The van der Waals surface area contributed by atoms with Gasteiger partial charge in [0.15, 0.2) is 5.78 Å². The Balaban J connectivity index is 1.72. The van der Waals surface area contributed by atoms with Crippen molar-refractivity contribution >= 4 is 11.8 Å². The van der Waals surface area contributed by atoms with Gasteiger partial charge in [-0.15, -0.1) is 0 Å². The van der Waals surface area contributed by atoms with E-state index in [1.807, 2.05) is 27.7 Å². The summed E-state index contributed by atoms with van der Waals surface area (Å²) in [4.78, 5) is 24.0. The van der Waals surface area contributed by atoms with Crippen molar-refractivity contribution in [2.24, 2.45) is 0 Å². The molecule has 0 radical (unpaired) electrons. The number of fused-ring (bicyclic) bond motifs is 1. The maximum atomic E-state index is 12.6. The highest BCUT2D eigenvalue weighted by atomic mass is 16.7. The second-order valence-electron chi connectivity index (χ2n) is 8.58. The smallest absolute Gasteiger partial charge is 0.303 e. The number of ether oxygens (including phenoxy) is 4. The Hall–Kier alpha value is -1.44. The van der Waals surface area contributed by atoms with E-state index in [0.29, 0.717) is 12.2 Å². The highest BCUT2D eigenvalue weighted by Crippen LogP contribution is 2.60. The number of carbonyl (C=O) groups is 2. The average Bonchev–Trinajstić information content (AvgIpc) is 3.15. The zero-order valence-electron chi connectivity index (χ0n) is 15.1. The molecule has 0 bridgehead atoms. The van der Waals surface area contributed by atoms with Crippen LogP contribution in [0.4, 0.5) is 0 Å². The van der Waals surface area contributed by atoms with E-state index in [4.69, 9.17) is 18.9 Å². The second-order valence-corrected chi connectivity index (χ2v) is 8.58. The van der Waals surface area contributed by atoms with E-state index in [9.17, 15) is 14.7 Å². The number of carbonyl (C=O) groups excluding carboxylic acids is 2. The largest absolute Gasteiger partial charge is 0.488 e. The van der Waals surface area contributed by atoms with Crippen LogP contribution in [0, 0.1) is 0 Å². The summed E-state index contributed by atoms with van der Waals surface area (Å²) in [5, 5.41) is 10.9. The first-order valence-electron chi connectivity index (χ1n) is 8.64. The minimum Gasteiger partial charge on any atom is -0.488 e. The Labute approximate surface area is 146 Å². The van der Waals surface area contributed by atoms with Gasteiger partial charge in [0, 0.05) is 13.3 Å². The van der Waals surface area contributed by atoms with E-state index in [1.54, 1.807) is 0 Å². The summed E-state index contributed by atoms with van der Waals surface area (Å²) in [6.07, 6.45) is -2.17. The van der Waals surface area contributed by atoms with Crippen LogP contribution in [0.15, 0.2) is 11.3 Å². The van der Waals surface area contributed by atoms with Crippen molar-refractivity contribution in [3.05, 3.63) is 11.3 Å². The molecule has 7 heteroatoms. The van der Waals surface area contributed by atoms with Crippen molar-refractivity contribution in [2.45, 2.75) is 88.7 Å². The maximum absolute atomic E-state index is 12.6. The minimum absolute atomic E-state index is 0.133. The molecule has 0 aromatic carbocycles. The van der Waals surface area contributed by atoms with Crippen molar-refractivity contribution in [1.29, 1.82) is 0 Å². The van der Waals surface area contributed by atoms with Crippen LogP contribution in [-0.2, 0) is 28.5 Å². The number of ketones is 1. The molecule has 0 saturated carbocycles. The van der Waals surface area contributed by atoms with Gasteiger partial charge in [-0.2, -0.15) is 0 Å². The summed E-state index contributed by atoms with van der Waals surface area (Å²) in [6.45, 7) is 8.65. The standard InChI is InChI=1S/C18H24O7/c1-8(19)22-10-7-18-14(24-17(10,4)5)12(21)11-9(20)6-16(2,3)23-13(11)15(18)25-18/h10,12,14-15,21H,6-7H2,1-5H3. The molecule has 5 atom stereocenters. The van der Waals surface area contributed by atoms with Crippen molar-refractivity contribution in [2.75, 3.05) is 0 Å². The third kappa shape index (κ3) is 2.36. The molecule has 3 aliphatic heterocycles. The van der Waals surface area contributed by atoms with E-state index < -0.39 is 47.2 Å². The van der Waals surface area contributed by atoms with Gasteiger partial charge in [-0.3, -0.25) is 9.59 Å². The summed E-state index contributed by atoms with van der Waals surface area (Å²) >= 11 is 0. The Morgan fingerprint density at radius 3 is 2.56 bits per heavy atom. The van der Waals surface area contributed by atoms with Gasteiger partial charge in [0.2, 0.25) is 0 Å². The SMILES string of the molecule is CC(=O)OC1CC23OC2C2=C(C(=O)CC(C)(C)O2)C(O)C3OC1(C)C. The fraction of sp³-hybridized carbons (Fsp3) is 0.778. The highest BCUT2D eigenvalue weighted by molar-refractivity contribution is 5.99. The van der Waals surface area contributed by atoms with E-state index in [1.165, 1.54) is 6.92 Å². The molecule has 0 amide bonds. The van der Waals surface area contributed by atoms with Crippen LogP contribution in [-0.4, -0.2) is 58.1 Å². The van der Waals surface area contributed by atoms with Gasteiger partial charge in [-0.1, -0.05) is 0 Å². The predicted octanol–water partition coefficient (Wildman–Crippen LogP) is 1.02. The first-order valence-corrected chi connectivity index (χ1v) is 8.64. The number of hydrogen-bond donors (Lipinski definition) is 1. The third-order valence-corrected chi connectivity index (χ3v) is 5.58. The zero-order chi connectivity index (χ0) is 18.4. The fourth-order valence-electron chi connectivity index (χ4n) is 4.37. The number of aliphatic hydroxyl groups is 1. The van der Waals surface area contributed by atoms with Gasteiger partial charge < -0.3 is 24.1 Å². The third-order valence-electron chi connectivity index (χ3n) is 5.58. The average molecular weight is 352 g/mol. The van der Waals surface area contributed by atoms with Gasteiger partial charge in [0.25, 0.3) is 0 Å². The fourth-order valence-corrected chi connectivity index (χ4v) is 4.37. The molecular weight excluding hydrogens is 328 g/mol. The molecule has 4 aliphatic rings. The lowest BCUT2D eigenvalue weighted by Crippen LogP contribution is -2.63. The molecule has 2 saturated heterocycles. The first-order chi connectivity index (χ1) is 11.5. The van der Waals surface area contributed by atoms with Crippen LogP contribution in [0.25, 0.3) is 0 Å². The van der Waals surface area contributed by atoms with Crippen molar-refractivity contribution in [1.82, 2.24) is 0 Å². The molecule has 0 aromatic rings. The summed E-state index contributed by atoms with van der Waals surface area (Å²) < 4.78 is 23.5. The van der Waals surface area contributed by atoms with E-state index in [0.717, 1.165) is 0 Å². The molecule has 4 rings (SSSR count). The summed E-state index contributed by atoms with van der Waals surface area (Å²) in [5.74, 6) is -0.114. The summed E-state index contributed by atoms with van der Waals surface area (Å²) in [5.41, 5.74) is -1.99. The number of esters is 1. The van der Waals surface area contributed by atoms with Crippen LogP contribution in [0.2, 0.25) is 0 Å². The lowest BCUT2D eigenvalue weighted by Gasteiger charge is -2.49. The van der Waals surface area contributed by atoms with Gasteiger partial charge in [0.05, 0.1) is 12.0 Å². The molecule has 1 N–H and O–H groups in total. The zero-order valence-corrected chi connectivity index (χ0v) is 15.1. The number of epoxide rings is 1. The van der Waals surface area contributed by atoms with Gasteiger partial charge in [-0.25, -0.2) is 0 Å². The Bertz CT molecular complexity index is 692. The van der Waals surface area contributed by atoms with E-state index in [2.05, 4.69) is 0 Å². The summed E-state index contributed by atoms with van der Waals surface area (Å²) in [7, 11) is 0. The quantitative estimate of drug-likeness (QED) is 0.556. The number of aliphatic hydroxyl groups excluding tert-OH is 1. The minimum atomic E-state index is -1.12. The van der Waals surface area contributed by atoms with Gasteiger partial charge >= 0.3 is 5.97 Å². The lowest BCUT2D eigenvalue weighted by atomic mass is 9.72. The Morgan fingerprint density at radius 1 is 1.24 bits per heavy atom. The number of Topliss-reactive ketones (excluding diaryl/α,β-unsaturated/α-hetero) is 1. The maximum Gasteiger partial charge on any atom is 0.303 e. The topological polar surface area (TPSA) is 94.6 Å². The molecule has 25 heavy (non-hydrogen) atoms. The Kier molecular flexibility index (Phi) is 3.29. The molecule has 0 aromatic heterocycles. The molecule has 1 aliphatic carbocycles. The molecule has 7 nitrogen and oxygen atoms in total. The van der Waals surface area contributed by atoms with Crippen molar-refractivity contribution in [3.8, 4) is 0 Å². The van der Waals surface area contributed by atoms with Gasteiger partial charge in [-0.05, 0) is 27.7 Å². The lowest BCUT2D eigenvalue weighted by molar-refractivity contribution is -0.231. The van der Waals surface area contributed by atoms with E-state index in [-0.39, 0.29) is 17.8 Å².